The highest BCUT2D eigenvalue weighted by Crippen LogP contribution is 2.23. The minimum atomic E-state index is -0.223. The highest BCUT2D eigenvalue weighted by molar-refractivity contribution is 7.98. The summed E-state index contributed by atoms with van der Waals surface area (Å²) < 4.78 is 0. The molecular formula is C20H16N4OS2. The molecule has 0 unspecified atom stereocenters. The van der Waals surface area contributed by atoms with Crippen molar-refractivity contribution >= 4 is 46.3 Å². The van der Waals surface area contributed by atoms with Crippen LogP contribution in [0, 0.1) is 0 Å². The third kappa shape index (κ3) is 4.45. The number of para-hydroxylation sites is 2. The van der Waals surface area contributed by atoms with Gasteiger partial charge in [0.1, 0.15) is 0 Å². The molecule has 27 heavy (non-hydrogen) atoms. The number of imidazole rings is 1. The molecule has 0 aliphatic heterocycles. The molecule has 0 aliphatic carbocycles. The highest BCUT2D eigenvalue weighted by Gasteiger charge is 2.06. The van der Waals surface area contributed by atoms with Gasteiger partial charge in [-0.1, -0.05) is 42.1 Å². The molecule has 0 radical (unpaired) electrons. The Morgan fingerprint density at radius 3 is 2.78 bits per heavy atom. The molecule has 2 heterocycles. The van der Waals surface area contributed by atoms with E-state index >= 15 is 0 Å². The minimum Gasteiger partial charge on any atom is -0.333 e. The number of rotatable bonds is 6. The van der Waals surface area contributed by atoms with E-state index in [0.29, 0.717) is 5.56 Å². The van der Waals surface area contributed by atoms with E-state index in [1.165, 1.54) is 0 Å². The lowest BCUT2D eigenvalue weighted by Crippen LogP contribution is -2.17. The minimum absolute atomic E-state index is 0.223. The van der Waals surface area contributed by atoms with Crippen molar-refractivity contribution in [2.75, 3.05) is 0 Å². The molecule has 0 atom stereocenters. The second kappa shape index (κ2) is 8.20. The van der Waals surface area contributed by atoms with E-state index in [9.17, 15) is 4.79 Å². The van der Waals surface area contributed by atoms with Crippen molar-refractivity contribution < 1.29 is 4.79 Å². The normalized spacial score (nSPS) is 11.3. The first-order valence-corrected chi connectivity index (χ1v) is 10.2. The number of nitrogens with zero attached hydrogens (tertiary/aromatic N) is 2. The van der Waals surface area contributed by atoms with E-state index in [4.69, 9.17) is 0 Å². The van der Waals surface area contributed by atoms with Gasteiger partial charge in [-0.25, -0.2) is 10.4 Å². The number of amides is 1. The first-order chi connectivity index (χ1) is 13.3. The topological polar surface area (TPSA) is 70.1 Å². The number of thioether (sulfide) groups is 1. The third-order valence-corrected chi connectivity index (χ3v) is 5.61. The third-order valence-electron chi connectivity index (χ3n) is 3.86. The lowest BCUT2D eigenvalue weighted by Gasteiger charge is -2.02. The van der Waals surface area contributed by atoms with Crippen LogP contribution in [-0.2, 0) is 5.75 Å². The Labute approximate surface area is 164 Å². The van der Waals surface area contributed by atoms with Crippen LogP contribution in [0.15, 0.2) is 76.3 Å². The fourth-order valence-corrected chi connectivity index (χ4v) is 3.91. The summed E-state index contributed by atoms with van der Waals surface area (Å²) in [6.45, 7) is 0. The fraction of sp³-hybridized carbons (Fsp3) is 0.0500. The van der Waals surface area contributed by atoms with Crippen LogP contribution in [-0.4, -0.2) is 22.1 Å². The number of hydrazone groups is 1. The number of carbonyl (C=O) groups is 1. The van der Waals surface area contributed by atoms with Gasteiger partial charge in [0.25, 0.3) is 5.91 Å². The molecule has 2 aromatic carbocycles. The second-order valence-electron chi connectivity index (χ2n) is 5.76. The van der Waals surface area contributed by atoms with Crippen molar-refractivity contribution in [1.29, 1.82) is 0 Å². The van der Waals surface area contributed by atoms with Gasteiger partial charge in [0, 0.05) is 16.2 Å². The van der Waals surface area contributed by atoms with Crippen LogP contribution < -0.4 is 5.43 Å². The molecule has 2 aromatic heterocycles. The summed E-state index contributed by atoms with van der Waals surface area (Å²) in [6, 6.07) is 19.4. The molecule has 0 fully saturated rings. The van der Waals surface area contributed by atoms with Crippen molar-refractivity contribution in [3.8, 4) is 0 Å². The predicted octanol–water partition coefficient (Wildman–Crippen LogP) is 4.68. The van der Waals surface area contributed by atoms with Gasteiger partial charge in [-0.2, -0.15) is 5.10 Å². The van der Waals surface area contributed by atoms with E-state index < -0.39 is 0 Å². The van der Waals surface area contributed by atoms with Gasteiger partial charge in [-0.3, -0.25) is 4.79 Å². The maximum atomic E-state index is 12.1. The summed E-state index contributed by atoms with van der Waals surface area (Å²) in [7, 11) is 0. The maximum absolute atomic E-state index is 12.1. The van der Waals surface area contributed by atoms with E-state index in [-0.39, 0.29) is 5.91 Å². The zero-order valence-corrected chi connectivity index (χ0v) is 15.9. The van der Waals surface area contributed by atoms with Gasteiger partial charge in [0.15, 0.2) is 5.16 Å². The molecular weight excluding hydrogens is 376 g/mol. The molecule has 4 aromatic rings. The molecule has 0 saturated heterocycles. The Bertz CT molecular complexity index is 1040. The van der Waals surface area contributed by atoms with E-state index in [2.05, 4.69) is 20.5 Å². The number of fused-ring (bicyclic) bond motifs is 1. The van der Waals surface area contributed by atoms with E-state index in [1.54, 1.807) is 29.3 Å². The van der Waals surface area contributed by atoms with Crippen LogP contribution in [0.25, 0.3) is 11.0 Å². The van der Waals surface area contributed by atoms with Crippen molar-refractivity contribution in [2.45, 2.75) is 10.9 Å². The van der Waals surface area contributed by atoms with Crippen LogP contribution in [0.4, 0.5) is 0 Å². The quantitative estimate of drug-likeness (QED) is 0.284. The molecule has 0 aliphatic rings. The van der Waals surface area contributed by atoms with Gasteiger partial charge >= 0.3 is 0 Å². The Morgan fingerprint density at radius 2 is 2.00 bits per heavy atom. The van der Waals surface area contributed by atoms with Gasteiger partial charge in [0.2, 0.25) is 0 Å². The smallest absolute Gasteiger partial charge is 0.271 e. The summed E-state index contributed by atoms with van der Waals surface area (Å²) in [5.74, 6) is 0.553. The van der Waals surface area contributed by atoms with E-state index in [0.717, 1.165) is 32.4 Å². The van der Waals surface area contributed by atoms with Crippen molar-refractivity contribution in [1.82, 2.24) is 15.4 Å². The number of thiophene rings is 1. The van der Waals surface area contributed by atoms with Crippen LogP contribution in [0.5, 0.6) is 0 Å². The Balaban J connectivity index is 1.33. The molecule has 4 rings (SSSR count). The standard InChI is InChI=1S/C20H16N4OS2/c25-19(24-21-12-16-4-3-11-26-16)15-9-7-14(8-10-15)13-27-20-22-17-5-1-2-6-18(17)23-20/h1-12H,13H2,(H,22,23)(H,24,25). The maximum Gasteiger partial charge on any atom is 0.271 e. The average molecular weight is 393 g/mol. The Morgan fingerprint density at radius 1 is 1.15 bits per heavy atom. The molecule has 7 heteroatoms. The second-order valence-corrected chi connectivity index (χ2v) is 7.70. The highest BCUT2D eigenvalue weighted by atomic mass is 32.2. The monoisotopic (exact) mass is 392 g/mol. The number of H-pyrrole nitrogens is 1. The van der Waals surface area contributed by atoms with Crippen LogP contribution in [0.3, 0.4) is 0 Å². The molecule has 0 bridgehead atoms. The van der Waals surface area contributed by atoms with Gasteiger partial charge in [0.05, 0.1) is 17.2 Å². The number of carbonyl (C=O) groups excluding carboxylic acids is 1. The van der Waals surface area contributed by atoms with Crippen LogP contribution >= 0.6 is 23.1 Å². The van der Waals surface area contributed by atoms with Crippen molar-refractivity contribution in [3.63, 3.8) is 0 Å². The number of nitrogens with one attached hydrogen (secondary N) is 2. The Hall–Kier alpha value is -2.90. The number of aromatic nitrogens is 2. The van der Waals surface area contributed by atoms with Gasteiger partial charge in [-0.05, 0) is 41.3 Å². The summed E-state index contributed by atoms with van der Waals surface area (Å²) in [5.41, 5.74) is 6.25. The zero-order chi connectivity index (χ0) is 18.5. The van der Waals surface area contributed by atoms with Crippen LogP contribution in [0.1, 0.15) is 20.8 Å². The number of aromatic amines is 1. The largest absolute Gasteiger partial charge is 0.333 e. The molecule has 1 amide bonds. The molecule has 5 nitrogen and oxygen atoms in total. The summed E-state index contributed by atoms with van der Waals surface area (Å²) in [6.07, 6.45) is 1.64. The SMILES string of the molecule is O=C(NN=Cc1cccs1)c1ccc(CSc2nc3ccccc3[nH]2)cc1. The van der Waals surface area contributed by atoms with Crippen molar-refractivity contribution in [3.05, 3.63) is 82.0 Å². The summed E-state index contributed by atoms with van der Waals surface area (Å²) in [4.78, 5) is 21.0. The number of benzene rings is 2. The molecule has 2 N–H and O–H groups in total. The fourth-order valence-electron chi connectivity index (χ4n) is 2.49. The lowest BCUT2D eigenvalue weighted by molar-refractivity contribution is 0.0955. The van der Waals surface area contributed by atoms with Crippen molar-refractivity contribution in [2.24, 2.45) is 5.10 Å². The summed E-state index contributed by atoms with van der Waals surface area (Å²) in [5, 5.41) is 6.83. The zero-order valence-electron chi connectivity index (χ0n) is 14.3. The average Bonchev–Trinajstić information content (AvgIpc) is 3.36. The molecule has 134 valence electrons. The van der Waals surface area contributed by atoms with E-state index in [1.807, 2.05) is 66.0 Å². The molecule has 0 spiro atoms. The molecule has 0 saturated carbocycles. The van der Waals surface area contributed by atoms with Gasteiger partial charge in [-0.15, -0.1) is 11.3 Å². The van der Waals surface area contributed by atoms with Crippen LogP contribution in [0.2, 0.25) is 0 Å². The number of hydrogen-bond acceptors (Lipinski definition) is 5. The summed E-state index contributed by atoms with van der Waals surface area (Å²) >= 11 is 3.20. The lowest BCUT2D eigenvalue weighted by atomic mass is 10.1. The Kier molecular flexibility index (Phi) is 5.32. The number of hydrogen-bond donors (Lipinski definition) is 2. The van der Waals surface area contributed by atoms with Gasteiger partial charge < -0.3 is 4.98 Å². The first kappa shape index (κ1) is 17.5. The first-order valence-electron chi connectivity index (χ1n) is 8.31. The predicted molar refractivity (Wildman–Crippen MR) is 111 cm³/mol.